The first-order chi connectivity index (χ1) is 9.95. The molecule has 0 aliphatic carbocycles. The molecule has 1 aliphatic rings. The smallest absolute Gasteiger partial charge is 0.212 e. The second kappa shape index (κ2) is 5.89. The van der Waals surface area contributed by atoms with Crippen molar-refractivity contribution in [2.75, 3.05) is 6.54 Å². The maximum Gasteiger partial charge on any atom is 0.218 e. The average molecular weight is 362 g/mol. The zero-order valence-electron chi connectivity index (χ0n) is 11.1. The van der Waals surface area contributed by atoms with Crippen molar-refractivity contribution in [2.45, 2.75) is 18.7 Å². The zero-order valence-corrected chi connectivity index (χ0v) is 14.2. The molecule has 0 saturated carbocycles. The van der Waals surface area contributed by atoms with Gasteiger partial charge in [0, 0.05) is 18.0 Å². The van der Waals surface area contributed by atoms with E-state index in [1.165, 1.54) is 4.88 Å². The van der Waals surface area contributed by atoms with Crippen LogP contribution in [0.3, 0.4) is 0 Å². The normalized spacial score (nSPS) is 15.9. The summed E-state index contributed by atoms with van der Waals surface area (Å²) in [6.45, 7) is 1.000. The van der Waals surface area contributed by atoms with E-state index in [0.29, 0.717) is 28.7 Å². The molecule has 0 fully saturated rings. The summed E-state index contributed by atoms with van der Waals surface area (Å²) in [6.07, 6.45) is 0.785. The predicted molar refractivity (Wildman–Crippen MR) is 87.5 cm³/mol. The fourth-order valence-corrected chi connectivity index (χ4v) is 5.09. The first-order valence-corrected chi connectivity index (χ1v) is 9.67. The van der Waals surface area contributed by atoms with E-state index >= 15 is 0 Å². The van der Waals surface area contributed by atoms with Crippen LogP contribution in [-0.4, -0.2) is 19.3 Å². The second-order valence-electron chi connectivity index (χ2n) is 4.96. The lowest BCUT2D eigenvalue weighted by Gasteiger charge is -2.26. The Morgan fingerprint density at radius 2 is 2.00 bits per heavy atom. The summed E-state index contributed by atoms with van der Waals surface area (Å²) >= 11 is 13.5. The number of thiophene rings is 1. The van der Waals surface area contributed by atoms with Crippen LogP contribution in [0.1, 0.15) is 16.0 Å². The SMILES string of the molecule is O=S(=O)(Cc1ccc(Cl)c(Cl)c1)N1CCc2sccc2C1. The van der Waals surface area contributed by atoms with Gasteiger partial charge in [0.2, 0.25) is 10.0 Å². The number of hydrogen-bond acceptors (Lipinski definition) is 3. The van der Waals surface area contributed by atoms with Gasteiger partial charge in [-0.2, -0.15) is 4.31 Å². The molecule has 3 nitrogen and oxygen atoms in total. The Balaban J connectivity index is 1.80. The van der Waals surface area contributed by atoms with E-state index in [4.69, 9.17) is 23.2 Å². The van der Waals surface area contributed by atoms with Gasteiger partial charge in [0.1, 0.15) is 0 Å². The Labute approximate surface area is 138 Å². The fraction of sp³-hybridized carbons (Fsp3) is 0.286. The van der Waals surface area contributed by atoms with Crippen molar-refractivity contribution < 1.29 is 8.42 Å². The van der Waals surface area contributed by atoms with E-state index in [1.807, 2.05) is 11.4 Å². The lowest BCUT2D eigenvalue weighted by atomic mass is 10.1. The van der Waals surface area contributed by atoms with Crippen LogP contribution in [0.4, 0.5) is 0 Å². The van der Waals surface area contributed by atoms with E-state index in [9.17, 15) is 8.42 Å². The highest BCUT2D eigenvalue weighted by molar-refractivity contribution is 7.88. The molecule has 2 heterocycles. The minimum absolute atomic E-state index is 0.0522. The summed E-state index contributed by atoms with van der Waals surface area (Å²) in [5, 5.41) is 2.82. The van der Waals surface area contributed by atoms with Gasteiger partial charge in [-0.05, 0) is 41.1 Å². The predicted octanol–water partition coefficient (Wildman–Crippen LogP) is 3.94. The maximum absolute atomic E-state index is 12.5. The zero-order chi connectivity index (χ0) is 15.0. The van der Waals surface area contributed by atoms with Crippen LogP contribution in [0.2, 0.25) is 10.0 Å². The van der Waals surface area contributed by atoms with Gasteiger partial charge < -0.3 is 0 Å². The van der Waals surface area contributed by atoms with E-state index in [0.717, 1.165) is 12.0 Å². The number of nitrogens with zero attached hydrogens (tertiary/aromatic N) is 1. The average Bonchev–Trinajstić information content (AvgIpc) is 2.90. The van der Waals surface area contributed by atoms with Gasteiger partial charge in [0.15, 0.2) is 0 Å². The molecule has 1 aliphatic heterocycles. The third kappa shape index (κ3) is 3.27. The van der Waals surface area contributed by atoms with Crippen LogP contribution in [0, 0.1) is 0 Å². The highest BCUT2D eigenvalue weighted by Crippen LogP contribution is 2.28. The quantitative estimate of drug-likeness (QED) is 0.829. The molecular formula is C14H13Cl2NO2S2. The fourth-order valence-electron chi connectivity index (χ4n) is 2.39. The van der Waals surface area contributed by atoms with Crippen LogP contribution < -0.4 is 0 Å². The van der Waals surface area contributed by atoms with Crippen LogP contribution in [0.5, 0.6) is 0 Å². The Morgan fingerprint density at radius 1 is 1.19 bits per heavy atom. The number of fused-ring (bicyclic) bond motifs is 1. The first kappa shape index (κ1) is 15.3. The van der Waals surface area contributed by atoms with Gasteiger partial charge in [0.25, 0.3) is 0 Å². The van der Waals surface area contributed by atoms with Gasteiger partial charge in [-0.1, -0.05) is 29.3 Å². The van der Waals surface area contributed by atoms with Crippen molar-refractivity contribution in [3.05, 3.63) is 55.7 Å². The van der Waals surface area contributed by atoms with Crippen LogP contribution in [-0.2, 0) is 28.7 Å². The van der Waals surface area contributed by atoms with E-state index < -0.39 is 10.0 Å². The molecule has 0 unspecified atom stereocenters. The van der Waals surface area contributed by atoms with Crippen molar-refractivity contribution in [2.24, 2.45) is 0 Å². The molecule has 0 spiro atoms. The van der Waals surface area contributed by atoms with Crippen LogP contribution >= 0.6 is 34.5 Å². The summed E-state index contributed by atoms with van der Waals surface area (Å²) in [4.78, 5) is 1.29. The molecule has 0 atom stereocenters. The number of rotatable bonds is 3. The number of halogens is 2. The Bertz CT molecular complexity index is 771. The van der Waals surface area contributed by atoms with Crippen molar-refractivity contribution in [3.63, 3.8) is 0 Å². The Morgan fingerprint density at radius 3 is 2.76 bits per heavy atom. The molecule has 1 aromatic heterocycles. The van der Waals surface area contributed by atoms with Gasteiger partial charge in [-0.25, -0.2) is 8.42 Å². The summed E-state index contributed by atoms with van der Waals surface area (Å²) in [6, 6.07) is 6.94. The van der Waals surface area contributed by atoms with Gasteiger partial charge in [-0.3, -0.25) is 0 Å². The molecule has 0 saturated heterocycles. The van der Waals surface area contributed by atoms with Crippen molar-refractivity contribution in [3.8, 4) is 0 Å². The third-order valence-electron chi connectivity index (χ3n) is 3.50. The van der Waals surface area contributed by atoms with Crippen molar-refractivity contribution in [1.82, 2.24) is 4.31 Å². The lowest BCUT2D eigenvalue weighted by Crippen LogP contribution is -2.36. The molecular weight excluding hydrogens is 349 g/mol. The summed E-state index contributed by atoms with van der Waals surface area (Å²) < 4.78 is 26.6. The number of hydrogen-bond donors (Lipinski definition) is 0. The highest BCUT2D eigenvalue weighted by atomic mass is 35.5. The van der Waals surface area contributed by atoms with Crippen LogP contribution in [0.25, 0.3) is 0 Å². The molecule has 3 rings (SSSR count). The Hall–Kier alpha value is -0.590. The number of sulfonamides is 1. The van der Waals surface area contributed by atoms with E-state index in [-0.39, 0.29) is 5.75 Å². The largest absolute Gasteiger partial charge is 0.218 e. The first-order valence-electron chi connectivity index (χ1n) is 6.43. The molecule has 0 amide bonds. The molecule has 7 heteroatoms. The molecule has 1 aromatic carbocycles. The standard InChI is InChI=1S/C14H13Cl2NO2S2/c15-12-2-1-10(7-13(12)16)9-21(18,19)17-5-3-14-11(8-17)4-6-20-14/h1-2,4,6-7H,3,5,8-9H2. The van der Waals surface area contributed by atoms with Crippen molar-refractivity contribution >= 4 is 44.6 Å². The molecule has 112 valence electrons. The summed E-state index contributed by atoms with van der Waals surface area (Å²) in [5.74, 6) is -0.0522. The molecule has 21 heavy (non-hydrogen) atoms. The second-order valence-corrected chi connectivity index (χ2v) is 8.74. The van der Waals surface area contributed by atoms with Gasteiger partial charge in [0.05, 0.1) is 15.8 Å². The van der Waals surface area contributed by atoms with Gasteiger partial charge >= 0.3 is 0 Å². The topological polar surface area (TPSA) is 37.4 Å². The third-order valence-corrected chi connectivity index (χ3v) is 7.06. The van der Waals surface area contributed by atoms with E-state index in [2.05, 4.69) is 0 Å². The molecule has 0 N–H and O–H groups in total. The lowest BCUT2D eigenvalue weighted by molar-refractivity contribution is 0.393. The summed E-state index contributed by atoms with van der Waals surface area (Å²) in [5.41, 5.74) is 1.77. The summed E-state index contributed by atoms with van der Waals surface area (Å²) in [7, 11) is -3.35. The van der Waals surface area contributed by atoms with Crippen molar-refractivity contribution in [1.29, 1.82) is 0 Å². The minimum atomic E-state index is -3.35. The van der Waals surface area contributed by atoms with E-state index in [1.54, 1.807) is 33.8 Å². The minimum Gasteiger partial charge on any atom is -0.212 e. The molecule has 0 radical (unpaired) electrons. The Kier molecular flexibility index (Phi) is 4.30. The molecule has 2 aromatic rings. The number of benzene rings is 1. The monoisotopic (exact) mass is 361 g/mol. The van der Waals surface area contributed by atoms with Crippen LogP contribution in [0.15, 0.2) is 29.6 Å². The van der Waals surface area contributed by atoms with Gasteiger partial charge in [-0.15, -0.1) is 11.3 Å². The highest BCUT2D eigenvalue weighted by Gasteiger charge is 2.27. The maximum atomic E-state index is 12.5. The molecule has 0 bridgehead atoms.